The highest BCUT2D eigenvalue weighted by Crippen LogP contribution is 2.38. The summed E-state index contributed by atoms with van der Waals surface area (Å²) < 4.78 is 13.2. The van der Waals surface area contributed by atoms with Crippen LogP contribution in [0.1, 0.15) is 26.2 Å². The minimum absolute atomic E-state index is 0.110. The third kappa shape index (κ3) is 2.34. The summed E-state index contributed by atoms with van der Waals surface area (Å²) in [5.74, 6) is -0.775. The molecule has 1 fully saturated rings. The van der Waals surface area contributed by atoms with E-state index in [1.807, 2.05) is 6.92 Å². The number of nitrogens with zero attached hydrogens (tertiary/aromatic N) is 1. The number of hydrogen-bond donors (Lipinski definition) is 1. The third-order valence-electron chi connectivity index (χ3n) is 3.13. The van der Waals surface area contributed by atoms with Gasteiger partial charge in [0.05, 0.1) is 16.0 Å². The zero-order chi connectivity index (χ0) is 12.6. The van der Waals surface area contributed by atoms with Gasteiger partial charge in [0.2, 0.25) is 0 Å². The van der Waals surface area contributed by atoms with E-state index in [2.05, 4.69) is 5.32 Å². The van der Waals surface area contributed by atoms with E-state index in [1.54, 1.807) is 0 Å². The lowest BCUT2D eigenvalue weighted by Crippen LogP contribution is -2.41. The van der Waals surface area contributed by atoms with Crippen molar-refractivity contribution in [2.75, 3.05) is 5.32 Å². The van der Waals surface area contributed by atoms with E-state index < -0.39 is 10.7 Å². The van der Waals surface area contributed by atoms with Crippen LogP contribution in [0.4, 0.5) is 15.8 Å². The molecule has 4 nitrogen and oxygen atoms in total. The molecular formula is C11H12ClFN2O2. The first kappa shape index (κ1) is 12.1. The van der Waals surface area contributed by atoms with Crippen molar-refractivity contribution >= 4 is 23.0 Å². The molecule has 92 valence electrons. The van der Waals surface area contributed by atoms with Gasteiger partial charge in [-0.15, -0.1) is 0 Å². The molecule has 0 spiro atoms. The summed E-state index contributed by atoms with van der Waals surface area (Å²) in [7, 11) is 0. The first-order chi connectivity index (χ1) is 7.91. The minimum atomic E-state index is -0.775. The molecule has 2 rings (SSSR count). The maximum Gasteiger partial charge on any atom is 0.295 e. The van der Waals surface area contributed by atoms with E-state index in [4.69, 9.17) is 11.6 Å². The molecule has 0 saturated heterocycles. The summed E-state index contributed by atoms with van der Waals surface area (Å²) in [6.07, 6.45) is 2.98. The van der Waals surface area contributed by atoms with Gasteiger partial charge in [-0.05, 0) is 32.3 Å². The Morgan fingerprint density at radius 1 is 1.53 bits per heavy atom. The number of halogens is 2. The Balaban J connectivity index is 2.37. The van der Waals surface area contributed by atoms with Crippen LogP contribution in [0.5, 0.6) is 0 Å². The normalized spacial score (nSPS) is 17.4. The Morgan fingerprint density at radius 2 is 2.18 bits per heavy atom. The molecule has 6 heteroatoms. The number of nitro benzene ring substituents is 1. The molecule has 0 heterocycles. The predicted octanol–water partition coefficient (Wildman–Crippen LogP) is 3.74. The SMILES string of the molecule is CC1(Nc2cc(Cl)c(F)cc2[N+](=O)[O-])CCC1. The molecule has 1 aliphatic carbocycles. The van der Waals surface area contributed by atoms with Crippen LogP contribution in [-0.4, -0.2) is 10.5 Å². The van der Waals surface area contributed by atoms with Crippen molar-refractivity contribution in [1.82, 2.24) is 0 Å². The zero-order valence-corrected chi connectivity index (χ0v) is 10.1. The van der Waals surface area contributed by atoms with Crippen LogP contribution in [0.25, 0.3) is 0 Å². The number of rotatable bonds is 3. The second-order valence-electron chi connectivity index (χ2n) is 4.58. The summed E-state index contributed by atoms with van der Waals surface area (Å²) in [6, 6.07) is 2.13. The minimum Gasteiger partial charge on any atom is -0.374 e. The third-order valence-corrected chi connectivity index (χ3v) is 3.42. The lowest BCUT2D eigenvalue weighted by atomic mass is 9.78. The quantitative estimate of drug-likeness (QED) is 0.664. The number of benzene rings is 1. The van der Waals surface area contributed by atoms with E-state index in [0.29, 0.717) is 0 Å². The van der Waals surface area contributed by atoms with Crippen LogP contribution in [0.2, 0.25) is 5.02 Å². The van der Waals surface area contributed by atoms with Gasteiger partial charge in [-0.1, -0.05) is 11.6 Å². The number of nitro groups is 1. The summed E-state index contributed by atoms with van der Waals surface area (Å²) in [5, 5.41) is 13.8. The van der Waals surface area contributed by atoms with Crippen LogP contribution in [-0.2, 0) is 0 Å². The fourth-order valence-corrected chi connectivity index (χ4v) is 2.11. The highest BCUT2D eigenvalue weighted by atomic mass is 35.5. The number of hydrogen-bond acceptors (Lipinski definition) is 3. The first-order valence-electron chi connectivity index (χ1n) is 5.33. The molecule has 0 amide bonds. The van der Waals surface area contributed by atoms with E-state index >= 15 is 0 Å². The molecule has 0 bridgehead atoms. The Hall–Kier alpha value is -1.36. The fourth-order valence-electron chi connectivity index (χ4n) is 1.94. The molecular weight excluding hydrogens is 247 g/mol. The van der Waals surface area contributed by atoms with Crippen LogP contribution in [0, 0.1) is 15.9 Å². The molecule has 1 aliphatic rings. The monoisotopic (exact) mass is 258 g/mol. The van der Waals surface area contributed by atoms with Crippen LogP contribution in [0.15, 0.2) is 12.1 Å². The second kappa shape index (κ2) is 4.14. The van der Waals surface area contributed by atoms with Crippen LogP contribution >= 0.6 is 11.6 Å². The standard InChI is InChI=1S/C11H12ClFN2O2/c1-11(3-2-4-11)14-9-5-7(12)8(13)6-10(9)15(16)17/h5-6,14H,2-4H2,1H3. The average molecular weight is 259 g/mol. The Kier molecular flexibility index (Phi) is 2.95. The topological polar surface area (TPSA) is 55.2 Å². The van der Waals surface area contributed by atoms with Gasteiger partial charge in [-0.25, -0.2) is 4.39 Å². The van der Waals surface area contributed by atoms with Crippen molar-refractivity contribution in [1.29, 1.82) is 0 Å². The van der Waals surface area contributed by atoms with E-state index in [1.165, 1.54) is 6.07 Å². The number of anilines is 1. The van der Waals surface area contributed by atoms with Gasteiger partial charge in [0.25, 0.3) is 5.69 Å². The van der Waals surface area contributed by atoms with Crippen molar-refractivity contribution in [2.45, 2.75) is 31.7 Å². The summed E-state index contributed by atoms with van der Waals surface area (Å²) in [4.78, 5) is 10.2. The summed E-state index contributed by atoms with van der Waals surface area (Å²) in [6.45, 7) is 1.98. The van der Waals surface area contributed by atoms with Crippen LogP contribution < -0.4 is 5.32 Å². The largest absolute Gasteiger partial charge is 0.374 e. The summed E-state index contributed by atoms with van der Waals surface area (Å²) >= 11 is 5.64. The molecule has 0 radical (unpaired) electrons. The Bertz CT molecular complexity index is 475. The molecule has 17 heavy (non-hydrogen) atoms. The number of nitrogens with one attached hydrogen (secondary N) is 1. The molecule has 1 saturated carbocycles. The van der Waals surface area contributed by atoms with Gasteiger partial charge < -0.3 is 5.32 Å². The van der Waals surface area contributed by atoms with E-state index in [-0.39, 0.29) is 21.9 Å². The predicted molar refractivity (Wildman–Crippen MR) is 63.9 cm³/mol. The van der Waals surface area contributed by atoms with Gasteiger partial charge in [0.15, 0.2) is 0 Å². The second-order valence-corrected chi connectivity index (χ2v) is 4.99. The Labute approximate surface area is 103 Å². The molecule has 0 aliphatic heterocycles. The van der Waals surface area contributed by atoms with Crippen molar-refractivity contribution in [3.8, 4) is 0 Å². The maximum absolute atomic E-state index is 13.2. The lowest BCUT2D eigenvalue weighted by molar-refractivity contribution is -0.384. The highest BCUT2D eigenvalue weighted by molar-refractivity contribution is 6.31. The fraction of sp³-hybridized carbons (Fsp3) is 0.455. The smallest absolute Gasteiger partial charge is 0.295 e. The van der Waals surface area contributed by atoms with Gasteiger partial charge >= 0.3 is 0 Å². The highest BCUT2D eigenvalue weighted by Gasteiger charge is 2.33. The molecule has 1 aromatic rings. The van der Waals surface area contributed by atoms with Crippen molar-refractivity contribution in [3.63, 3.8) is 0 Å². The maximum atomic E-state index is 13.2. The summed E-state index contributed by atoms with van der Waals surface area (Å²) in [5.41, 5.74) is -0.144. The molecule has 0 aromatic heterocycles. The average Bonchev–Trinajstić information content (AvgIpc) is 2.20. The van der Waals surface area contributed by atoms with Crippen molar-refractivity contribution < 1.29 is 9.31 Å². The Morgan fingerprint density at radius 3 is 2.65 bits per heavy atom. The van der Waals surface area contributed by atoms with E-state index in [9.17, 15) is 14.5 Å². The molecule has 1 aromatic carbocycles. The van der Waals surface area contributed by atoms with Crippen LogP contribution in [0.3, 0.4) is 0 Å². The first-order valence-corrected chi connectivity index (χ1v) is 5.71. The van der Waals surface area contributed by atoms with Gasteiger partial charge in [0.1, 0.15) is 11.5 Å². The van der Waals surface area contributed by atoms with Crippen molar-refractivity contribution in [3.05, 3.63) is 33.1 Å². The van der Waals surface area contributed by atoms with Gasteiger partial charge in [-0.2, -0.15) is 0 Å². The van der Waals surface area contributed by atoms with Gasteiger partial charge in [-0.3, -0.25) is 10.1 Å². The molecule has 0 unspecified atom stereocenters. The molecule has 1 N–H and O–H groups in total. The lowest BCUT2D eigenvalue weighted by Gasteiger charge is -2.39. The van der Waals surface area contributed by atoms with Gasteiger partial charge in [0, 0.05) is 5.54 Å². The van der Waals surface area contributed by atoms with E-state index in [0.717, 1.165) is 25.3 Å². The zero-order valence-electron chi connectivity index (χ0n) is 9.30. The van der Waals surface area contributed by atoms with Crippen molar-refractivity contribution in [2.24, 2.45) is 0 Å². The molecule has 0 atom stereocenters.